The molecule has 0 atom stereocenters. The van der Waals surface area contributed by atoms with E-state index in [4.69, 9.17) is 9.47 Å². The molecule has 2 N–H and O–H groups in total. The van der Waals surface area contributed by atoms with Crippen molar-refractivity contribution in [2.75, 3.05) is 44.9 Å². The number of rotatable bonds is 4. The fraction of sp³-hybridized carbons (Fsp3) is 0.429. The number of aromatic amines is 1. The van der Waals surface area contributed by atoms with Crippen LogP contribution in [0.15, 0.2) is 23.0 Å². The van der Waals surface area contributed by atoms with E-state index >= 15 is 0 Å². The monoisotopic (exact) mass is 413 g/mol. The van der Waals surface area contributed by atoms with E-state index in [1.165, 1.54) is 11.3 Å². The predicted molar refractivity (Wildman–Crippen MR) is 112 cm³/mol. The van der Waals surface area contributed by atoms with Crippen molar-refractivity contribution >= 4 is 34.5 Å². The number of carbonyl (C=O) groups excluding carboxylic acids is 1. The standard InChI is InChI=1S/C21H23N3O4S/c1-27-8-6-24-7-9-28-16-3-2-13(10-15(16)24)11-17-19(26)23-20(29-17)14-12-22-21(4-5-21)18(14)25/h2-3,10-11,22H,4-9,12H2,1H3,(H,23,26)/b17-11-,20-14+. The van der Waals surface area contributed by atoms with Crippen molar-refractivity contribution in [3.63, 3.8) is 0 Å². The van der Waals surface area contributed by atoms with Crippen LogP contribution in [0.1, 0.15) is 18.4 Å². The molecule has 2 fully saturated rings. The van der Waals surface area contributed by atoms with Crippen LogP contribution < -0.4 is 29.7 Å². The number of thiazole rings is 1. The summed E-state index contributed by atoms with van der Waals surface area (Å²) in [4.78, 5) is 30.2. The van der Waals surface area contributed by atoms with Gasteiger partial charge in [0.15, 0.2) is 5.78 Å². The molecule has 8 heteroatoms. The van der Waals surface area contributed by atoms with Gasteiger partial charge in [-0.1, -0.05) is 6.07 Å². The molecular weight excluding hydrogens is 390 g/mol. The summed E-state index contributed by atoms with van der Waals surface area (Å²) >= 11 is 1.35. The van der Waals surface area contributed by atoms with Crippen molar-refractivity contribution in [1.29, 1.82) is 0 Å². The number of carbonyl (C=O) groups is 1. The molecule has 1 aliphatic carbocycles. The van der Waals surface area contributed by atoms with E-state index in [0.29, 0.717) is 34.5 Å². The molecule has 7 nitrogen and oxygen atoms in total. The molecule has 29 heavy (non-hydrogen) atoms. The number of Topliss-reactive ketones (excluding diaryl/α,β-unsaturated/α-hetero) is 1. The van der Waals surface area contributed by atoms with E-state index in [2.05, 4.69) is 15.2 Å². The Kier molecular flexibility index (Phi) is 4.57. The lowest BCUT2D eigenvalue weighted by molar-refractivity contribution is -0.115. The van der Waals surface area contributed by atoms with Gasteiger partial charge in [-0.25, -0.2) is 0 Å². The quantitative estimate of drug-likeness (QED) is 0.732. The largest absolute Gasteiger partial charge is 0.490 e. The molecule has 3 aliphatic rings. The lowest BCUT2D eigenvalue weighted by Crippen LogP contribution is -2.35. The second-order valence-electron chi connectivity index (χ2n) is 7.69. The van der Waals surface area contributed by atoms with Crippen LogP contribution in [-0.2, 0) is 9.53 Å². The first-order chi connectivity index (χ1) is 14.1. The summed E-state index contributed by atoms with van der Waals surface area (Å²) in [5.41, 5.74) is 2.14. The van der Waals surface area contributed by atoms with Gasteiger partial charge in [-0.2, -0.15) is 0 Å². The van der Waals surface area contributed by atoms with Crippen molar-refractivity contribution < 1.29 is 14.3 Å². The molecule has 2 aromatic rings. The summed E-state index contributed by atoms with van der Waals surface area (Å²) in [6.07, 6.45) is 3.65. The number of hydrogen-bond acceptors (Lipinski definition) is 7. The minimum absolute atomic E-state index is 0.140. The fourth-order valence-electron chi connectivity index (χ4n) is 3.96. The van der Waals surface area contributed by atoms with Crippen LogP contribution in [0.2, 0.25) is 0 Å². The lowest BCUT2D eigenvalue weighted by atomic mass is 10.1. The van der Waals surface area contributed by atoms with Crippen molar-refractivity contribution in [2.45, 2.75) is 18.4 Å². The highest BCUT2D eigenvalue weighted by Crippen LogP contribution is 2.41. The Morgan fingerprint density at radius 1 is 1.34 bits per heavy atom. The predicted octanol–water partition coefficient (Wildman–Crippen LogP) is -0.0340. The van der Waals surface area contributed by atoms with Crippen molar-refractivity contribution in [2.24, 2.45) is 0 Å². The Morgan fingerprint density at radius 2 is 2.21 bits per heavy atom. The molecule has 1 aromatic heterocycles. The maximum absolute atomic E-state index is 12.6. The number of fused-ring (bicyclic) bond motifs is 1. The molecular formula is C21H23N3O4S. The van der Waals surface area contributed by atoms with Gasteiger partial charge >= 0.3 is 0 Å². The van der Waals surface area contributed by atoms with Gasteiger partial charge in [-0.15, -0.1) is 11.3 Å². The van der Waals surface area contributed by atoms with Crippen LogP contribution in [0.3, 0.4) is 0 Å². The van der Waals surface area contributed by atoms with E-state index in [9.17, 15) is 9.59 Å². The number of H-pyrrole nitrogens is 1. The highest BCUT2D eigenvalue weighted by molar-refractivity contribution is 7.07. The second kappa shape index (κ2) is 7.12. The van der Waals surface area contributed by atoms with Crippen LogP contribution in [0.4, 0.5) is 5.69 Å². The maximum atomic E-state index is 12.6. The molecule has 2 aliphatic heterocycles. The Labute approximate surface area is 171 Å². The molecule has 0 bridgehead atoms. The van der Waals surface area contributed by atoms with Gasteiger partial charge in [0, 0.05) is 25.8 Å². The number of hydrogen-bond donors (Lipinski definition) is 2. The third-order valence-electron chi connectivity index (χ3n) is 5.80. The first kappa shape index (κ1) is 18.6. The zero-order chi connectivity index (χ0) is 20.0. The average molecular weight is 413 g/mol. The van der Waals surface area contributed by atoms with Crippen molar-refractivity contribution in [3.05, 3.63) is 43.3 Å². The summed E-state index contributed by atoms with van der Waals surface area (Å²) in [5.74, 6) is 0.986. The first-order valence-corrected chi connectivity index (χ1v) is 10.7. The Morgan fingerprint density at radius 3 is 2.97 bits per heavy atom. The minimum atomic E-state index is -0.343. The van der Waals surface area contributed by atoms with Crippen molar-refractivity contribution in [3.8, 4) is 5.75 Å². The lowest BCUT2D eigenvalue weighted by Gasteiger charge is -2.31. The van der Waals surface area contributed by atoms with Gasteiger partial charge < -0.3 is 24.7 Å². The topological polar surface area (TPSA) is 83.7 Å². The third kappa shape index (κ3) is 3.31. The number of benzene rings is 1. The van der Waals surface area contributed by atoms with E-state index in [1.54, 1.807) is 7.11 Å². The number of ether oxygens (including phenoxy) is 2. The highest BCUT2D eigenvalue weighted by atomic mass is 32.1. The minimum Gasteiger partial charge on any atom is -0.490 e. The average Bonchev–Trinajstić information content (AvgIpc) is 3.34. The molecule has 1 saturated carbocycles. The molecule has 3 heterocycles. The van der Waals surface area contributed by atoms with Crippen LogP contribution in [0, 0.1) is 0 Å². The normalized spacial score (nSPS) is 22.2. The van der Waals surface area contributed by atoms with Gasteiger partial charge in [0.25, 0.3) is 5.56 Å². The zero-order valence-electron chi connectivity index (χ0n) is 16.2. The summed E-state index contributed by atoms with van der Waals surface area (Å²) in [6.45, 7) is 3.41. The molecule has 1 saturated heterocycles. The summed E-state index contributed by atoms with van der Waals surface area (Å²) in [7, 11) is 1.69. The Bertz CT molecular complexity index is 1150. The third-order valence-corrected chi connectivity index (χ3v) is 6.88. The number of anilines is 1. The zero-order valence-corrected chi connectivity index (χ0v) is 17.1. The van der Waals surface area contributed by atoms with Gasteiger partial charge in [0.1, 0.15) is 17.0 Å². The molecule has 152 valence electrons. The van der Waals surface area contributed by atoms with Crippen LogP contribution in [0.5, 0.6) is 5.75 Å². The second-order valence-corrected chi connectivity index (χ2v) is 8.74. The molecule has 1 spiro atoms. The number of nitrogens with zero attached hydrogens (tertiary/aromatic N) is 1. The molecule has 5 rings (SSSR count). The van der Waals surface area contributed by atoms with E-state index in [0.717, 1.165) is 42.9 Å². The van der Waals surface area contributed by atoms with Crippen LogP contribution >= 0.6 is 11.3 Å². The van der Waals surface area contributed by atoms with E-state index < -0.39 is 0 Å². The van der Waals surface area contributed by atoms with Crippen LogP contribution in [-0.4, -0.2) is 56.3 Å². The first-order valence-electron chi connectivity index (χ1n) is 9.84. The fourth-order valence-corrected chi connectivity index (χ4v) is 4.95. The molecule has 1 aromatic carbocycles. The van der Waals surface area contributed by atoms with Gasteiger partial charge in [0.2, 0.25) is 0 Å². The number of aromatic nitrogens is 1. The Balaban J connectivity index is 1.51. The molecule has 0 amide bonds. The summed E-state index contributed by atoms with van der Waals surface area (Å²) in [5, 5.41) is 3.30. The molecule has 0 unspecified atom stereocenters. The van der Waals surface area contributed by atoms with E-state index in [-0.39, 0.29) is 16.9 Å². The SMILES string of the molecule is COCCN1CCOc2ccc(/C=c3\s/c(=C4\CNC5(CC5)C4=O)[nH]c3=O)cc21. The number of ketones is 1. The summed E-state index contributed by atoms with van der Waals surface area (Å²) in [6, 6.07) is 5.93. The summed E-state index contributed by atoms with van der Waals surface area (Å²) < 4.78 is 12.2. The van der Waals surface area contributed by atoms with Crippen LogP contribution in [0.25, 0.3) is 11.6 Å². The Hall–Kier alpha value is -2.42. The van der Waals surface area contributed by atoms with Gasteiger partial charge in [-0.05, 0) is 36.6 Å². The van der Waals surface area contributed by atoms with E-state index in [1.807, 2.05) is 24.3 Å². The number of nitrogens with one attached hydrogen (secondary N) is 2. The maximum Gasteiger partial charge on any atom is 0.266 e. The smallest absolute Gasteiger partial charge is 0.266 e. The highest BCUT2D eigenvalue weighted by Gasteiger charge is 2.54. The number of methoxy groups -OCH3 is 1. The molecule has 0 radical (unpaired) electrons. The van der Waals surface area contributed by atoms with Gasteiger partial charge in [0.05, 0.1) is 28.9 Å². The van der Waals surface area contributed by atoms with Crippen molar-refractivity contribution in [1.82, 2.24) is 10.3 Å². The van der Waals surface area contributed by atoms with Gasteiger partial charge in [-0.3, -0.25) is 9.59 Å².